The number of ether oxygens (including phenoxy) is 1. The lowest BCUT2D eigenvalue weighted by atomic mass is 9.95. The summed E-state index contributed by atoms with van der Waals surface area (Å²) < 4.78 is 5.72. The maximum absolute atomic E-state index is 9.08. The van der Waals surface area contributed by atoms with Crippen LogP contribution in [0.2, 0.25) is 0 Å². The second-order valence-electron chi connectivity index (χ2n) is 4.86. The first-order chi connectivity index (χ1) is 8.05. The Labute approximate surface area is 102 Å². The van der Waals surface area contributed by atoms with Gasteiger partial charge in [-0.05, 0) is 26.8 Å². The molecule has 4 heteroatoms. The zero-order valence-electron chi connectivity index (χ0n) is 10.5. The van der Waals surface area contributed by atoms with E-state index in [2.05, 4.69) is 30.2 Å². The minimum absolute atomic E-state index is 0.169. The second kappa shape index (κ2) is 4.34. The van der Waals surface area contributed by atoms with Gasteiger partial charge >= 0.3 is 0 Å². The normalized spacial score (nSPS) is 17.1. The molecule has 0 aromatic carbocycles. The van der Waals surface area contributed by atoms with Crippen LogP contribution in [0.25, 0.3) is 0 Å². The van der Waals surface area contributed by atoms with E-state index in [1.54, 1.807) is 0 Å². The van der Waals surface area contributed by atoms with Crippen molar-refractivity contribution in [1.82, 2.24) is 4.98 Å². The number of anilines is 1. The van der Waals surface area contributed by atoms with Crippen molar-refractivity contribution in [2.24, 2.45) is 0 Å². The molecule has 0 radical (unpaired) electrons. The first-order valence-corrected chi connectivity index (χ1v) is 5.86. The zero-order chi connectivity index (χ0) is 12.5. The monoisotopic (exact) mass is 231 g/mol. The van der Waals surface area contributed by atoms with Crippen LogP contribution in [-0.4, -0.2) is 17.1 Å². The Morgan fingerprint density at radius 2 is 2.35 bits per heavy atom. The van der Waals surface area contributed by atoms with E-state index >= 15 is 0 Å². The predicted molar refractivity (Wildman–Crippen MR) is 65.7 cm³/mol. The first kappa shape index (κ1) is 11.9. The fourth-order valence-corrected chi connectivity index (χ4v) is 1.99. The molecule has 90 valence electrons. The standard InChI is InChI=1S/C13H17N3O/c1-4-15-12-9(7-14)5-10-8-17-13(2,3)6-11(10)16-12/h5H,4,6,8H2,1-3H3,(H,15,16). The number of pyridine rings is 1. The topological polar surface area (TPSA) is 57.9 Å². The van der Waals surface area contributed by atoms with E-state index in [-0.39, 0.29) is 5.60 Å². The van der Waals surface area contributed by atoms with Crippen LogP contribution in [0.5, 0.6) is 0 Å². The van der Waals surface area contributed by atoms with Crippen LogP contribution in [0, 0.1) is 11.3 Å². The lowest BCUT2D eigenvalue weighted by Crippen LogP contribution is -2.32. The molecule has 0 fully saturated rings. The molecular formula is C13H17N3O. The Bertz CT molecular complexity index is 474. The summed E-state index contributed by atoms with van der Waals surface area (Å²) in [6.07, 6.45) is 0.784. The quantitative estimate of drug-likeness (QED) is 0.848. The maximum atomic E-state index is 9.08. The van der Waals surface area contributed by atoms with Crippen molar-refractivity contribution < 1.29 is 4.74 Å². The smallest absolute Gasteiger partial charge is 0.144 e. The highest BCUT2D eigenvalue weighted by atomic mass is 16.5. The van der Waals surface area contributed by atoms with Gasteiger partial charge in [-0.15, -0.1) is 0 Å². The second-order valence-corrected chi connectivity index (χ2v) is 4.86. The summed E-state index contributed by atoms with van der Waals surface area (Å²) in [6, 6.07) is 4.06. The van der Waals surface area contributed by atoms with Gasteiger partial charge in [-0.2, -0.15) is 5.26 Å². The molecule has 0 spiro atoms. The van der Waals surface area contributed by atoms with E-state index in [4.69, 9.17) is 10.00 Å². The Balaban J connectivity index is 2.42. The number of fused-ring (bicyclic) bond motifs is 1. The summed E-state index contributed by atoms with van der Waals surface area (Å²) in [5.41, 5.74) is 2.49. The molecule has 1 aromatic rings. The molecule has 17 heavy (non-hydrogen) atoms. The number of nitriles is 1. The molecule has 0 amide bonds. The largest absolute Gasteiger partial charge is 0.370 e. The first-order valence-electron chi connectivity index (χ1n) is 5.86. The van der Waals surface area contributed by atoms with E-state index < -0.39 is 0 Å². The lowest BCUT2D eigenvalue weighted by Gasteiger charge is -2.31. The number of aromatic nitrogens is 1. The third-order valence-corrected chi connectivity index (χ3v) is 2.87. The van der Waals surface area contributed by atoms with Crippen LogP contribution >= 0.6 is 0 Å². The minimum atomic E-state index is -0.169. The van der Waals surface area contributed by atoms with Gasteiger partial charge in [-0.25, -0.2) is 4.98 Å². The van der Waals surface area contributed by atoms with Gasteiger partial charge in [0, 0.05) is 18.5 Å². The number of hydrogen-bond acceptors (Lipinski definition) is 4. The molecule has 1 N–H and O–H groups in total. The fraction of sp³-hybridized carbons (Fsp3) is 0.538. The van der Waals surface area contributed by atoms with Crippen LogP contribution in [0.15, 0.2) is 6.07 Å². The van der Waals surface area contributed by atoms with Crippen molar-refractivity contribution in [1.29, 1.82) is 5.26 Å². The van der Waals surface area contributed by atoms with Gasteiger partial charge in [0.1, 0.15) is 11.9 Å². The average molecular weight is 231 g/mol. The molecule has 2 rings (SSSR count). The van der Waals surface area contributed by atoms with Gasteiger partial charge < -0.3 is 10.1 Å². The van der Waals surface area contributed by atoms with Crippen LogP contribution < -0.4 is 5.32 Å². The van der Waals surface area contributed by atoms with Gasteiger partial charge in [0.05, 0.1) is 23.5 Å². The highest BCUT2D eigenvalue weighted by Crippen LogP contribution is 2.28. The summed E-state index contributed by atoms with van der Waals surface area (Å²) in [5.74, 6) is 0.687. The van der Waals surface area contributed by atoms with Crippen LogP contribution in [0.3, 0.4) is 0 Å². The molecule has 1 aliphatic rings. The van der Waals surface area contributed by atoms with E-state index in [1.165, 1.54) is 0 Å². The van der Waals surface area contributed by atoms with Gasteiger partial charge in [0.15, 0.2) is 0 Å². The number of nitrogens with one attached hydrogen (secondary N) is 1. The highest BCUT2D eigenvalue weighted by Gasteiger charge is 2.28. The van der Waals surface area contributed by atoms with Gasteiger partial charge in [0.25, 0.3) is 0 Å². The SMILES string of the molecule is CCNc1nc2c(cc1C#N)COC(C)(C)C2. The molecule has 0 unspecified atom stereocenters. The average Bonchev–Trinajstić information content (AvgIpc) is 2.27. The zero-order valence-corrected chi connectivity index (χ0v) is 10.5. The van der Waals surface area contributed by atoms with Crippen molar-refractivity contribution in [2.75, 3.05) is 11.9 Å². The van der Waals surface area contributed by atoms with E-state index in [0.29, 0.717) is 18.0 Å². The Morgan fingerprint density at radius 1 is 1.59 bits per heavy atom. The number of hydrogen-bond donors (Lipinski definition) is 1. The number of rotatable bonds is 2. The van der Waals surface area contributed by atoms with Gasteiger partial charge in [-0.1, -0.05) is 0 Å². The summed E-state index contributed by atoms with van der Waals surface area (Å²) >= 11 is 0. The molecule has 2 heterocycles. The van der Waals surface area contributed by atoms with E-state index in [1.807, 2.05) is 13.0 Å². The summed E-state index contributed by atoms with van der Waals surface area (Å²) in [6.45, 7) is 7.41. The third-order valence-electron chi connectivity index (χ3n) is 2.87. The number of nitrogens with zero attached hydrogens (tertiary/aromatic N) is 2. The minimum Gasteiger partial charge on any atom is -0.370 e. The van der Waals surface area contributed by atoms with E-state index in [9.17, 15) is 0 Å². The van der Waals surface area contributed by atoms with Gasteiger partial charge in [-0.3, -0.25) is 0 Å². The molecule has 4 nitrogen and oxygen atoms in total. The van der Waals surface area contributed by atoms with Crippen molar-refractivity contribution in [2.45, 2.75) is 39.4 Å². The lowest BCUT2D eigenvalue weighted by molar-refractivity contribution is -0.0412. The van der Waals surface area contributed by atoms with Crippen LogP contribution in [0.1, 0.15) is 37.6 Å². The molecule has 0 saturated carbocycles. The molecule has 1 aliphatic heterocycles. The highest BCUT2D eigenvalue weighted by molar-refractivity contribution is 5.54. The molecule has 0 atom stereocenters. The molecule has 0 saturated heterocycles. The van der Waals surface area contributed by atoms with Crippen molar-refractivity contribution >= 4 is 5.82 Å². The summed E-state index contributed by atoms with van der Waals surface area (Å²) in [7, 11) is 0. The molecular weight excluding hydrogens is 214 g/mol. The van der Waals surface area contributed by atoms with Gasteiger partial charge in [0.2, 0.25) is 0 Å². The maximum Gasteiger partial charge on any atom is 0.144 e. The fourth-order valence-electron chi connectivity index (χ4n) is 1.99. The Kier molecular flexibility index (Phi) is 3.03. The van der Waals surface area contributed by atoms with Crippen LogP contribution in [0.4, 0.5) is 5.82 Å². The van der Waals surface area contributed by atoms with Crippen LogP contribution in [-0.2, 0) is 17.8 Å². The van der Waals surface area contributed by atoms with Crippen molar-refractivity contribution in [3.63, 3.8) is 0 Å². The third kappa shape index (κ3) is 2.40. The molecule has 0 aliphatic carbocycles. The summed E-state index contributed by atoms with van der Waals surface area (Å²) in [5, 5.41) is 12.2. The predicted octanol–water partition coefficient (Wildman–Crippen LogP) is 2.24. The summed E-state index contributed by atoms with van der Waals surface area (Å²) in [4.78, 5) is 4.56. The van der Waals surface area contributed by atoms with E-state index in [0.717, 1.165) is 24.2 Å². The Hall–Kier alpha value is -1.60. The Morgan fingerprint density at radius 3 is 3.00 bits per heavy atom. The molecule has 1 aromatic heterocycles. The van der Waals surface area contributed by atoms with Crippen molar-refractivity contribution in [3.05, 3.63) is 22.9 Å². The molecule has 0 bridgehead atoms. The van der Waals surface area contributed by atoms with Crippen molar-refractivity contribution in [3.8, 4) is 6.07 Å².